The third-order valence-electron chi connectivity index (χ3n) is 1.77. The molecule has 0 spiro atoms. The van der Waals surface area contributed by atoms with E-state index in [0.717, 1.165) is 13.0 Å². The molecule has 5 nitrogen and oxygen atoms in total. The monoisotopic (exact) mass is 206 g/mol. The van der Waals surface area contributed by atoms with Gasteiger partial charge in [0.15, 0.2) is 5.69 Å². The first-order valence-corrected chi connectivity index (χ1v) is 4.72. The van der Waals surface area contributed by atoms with Gasteiger partial charge in [-0.1, -0.05) is 12.2 Å². The lowest BCUT2D eigenvalue weighted by molar-refractivity contribution is 0.0994. The van der Waals surface area contributed by atoms with Crippen molar-refractivity contribution in [2.24, 2.45) is 5.73 Å². The number of primary amides is 1. The third kappa shape index (κ3) is 3.76. The highest BCUT2D eigenvalue weighted by molar-refractivity contribution is 5.90. The maximum absolute atomic E-state index is 10.7. The van der Waals surface area contributed by atoms with Crippen LogP contribution in [0.4, 0.5) is 5.82 Å². The van der Waals surface area contributed by atoms with E-state index in [2.05, 4.69) is 21.6 Å². The smallest absolute Gasteiger partial charge is 0.269 e. The molecule has 0 atom stereocenters. The van der Waals surface area contributed by atoms with Crippen LogP contribution in [0, 0.1) is 0 Å². The van der Waals surface area contributed by atoms with E-state index in [1.165, 1.54) is 0 Å². The average Bonchev–Trinajstić information content (AvgIpc) is 2.25. The Bertz CT molecular complexity index is 345. The molecular formula is C10H14N4O. The Labute approximate surface area is 88.4 Å². The van der Waals surface area contributed by atoms with Crippen molar-refractivity contribution in [3.05, 3.63) is 30.0 Å². The third-order valence-corrected chi connectivity index (χ3v) is 1.77. The highest BCUT2D eigenvalue weighted by Crippen LogP contribution is 2.01. The number of nitrogens with two attached hydrogens (primary N) is 1. The molecule has 0 aliphatic carbocycles. The zero-order valence-electron chi connectivity index (χ0n) is 8.60. The van der Waals surface area contributed by atoms with Gasteiger partial charge in [-0.15, -0.1) is 10.2 Å². The van der Waals surface area contributed by atoms with E-state index in [0.29, 0.717) is 5.82 Å². The fourth-order valence-corrected chi connectivity index (χ4v) is 1.01. The Morgan fingerprint density at radius 3 is 2.87 bits per heavy atom. The lowest BCUT2D eigenvalue weighted by atomic mass is 10.3. The van der Waals surface area contributed by atoms with Gasteiger partial charge in [-0.25, -0.2) is 0 Å². The fraction of sp³-hybridized carbons (Fsp3) is 0.300. The van der Waals surface area contributed by atoms with Gasteiger partial charge in [0.1, 0.15) is 5.82 Å². The van der Waals surface area contributed by atoms with Crippen LogP contribution in [0.15, 0.2) is 24.3 Å². The number of anilines is 1. The maximum atomic E-state index is 10.7. The second-order valence-electron chi connectivity index (χ2n) is 2.95. The highest BCUT2D eigenvalue weighted by Gasteiger charge is 2.01. The van der Waals surface area contributed by atoms with Crippen LogP contribution < -0.4 is 11.1 Å². The van der Waals surface area contributed by atoms with E-state index < -0.39 is 5.91 Å². The predicted octanol–water partition coefficient (Wildman–Crippen LogP) is 0.954. The van der Waals surface area contributed by atoms with E-state index in [-0.39, 0.29) is 5.69 Å². The Morgan fingerprint density at radius 1 is 1.53 bits per heavy atom. The quantitative estimate of drug-likeness (QED) is 0.555. The van der Waals surface area contributed by atoms with Crippen molar-refractivity contribution in [1.29, 1.82) is 0 Å². The number of rotatable bonds is 5. The molecule has 3 N–H and O–H groups in total. The summed E-state index contributed by atoms with van der Waals surface area (Å²) in [5, 5.41) is 10.6. The normalized spacial score (nSPS) is 10.5. The number of hydrogen-bond donors (Lipinski definition) is 2. The van der Waals surface area contributed by atoms with Crippen LogP contribution in [0.3, 0.4) is 0 Å². The molecule has 0 saturated heterocycles. The molecule has 15 heavy (non-hydrogen) atoms. The molecule has 0 unspecified atom stereocenters. The average molecular weight is 206 g/mol. The predicted molar refractivity (Wildman–Crippen MR) is 58.5 cm³/mol. The van der Waals surface area contributed by atoms with Crippen LogP contribution in [0.5, 0.6) is 0 Å². The molecule has 0 bridgehead atoms. The first-order valence-electron chi connectivity index (χ1n) is 4.72. The molecule has 1 aromatic heterocycles. The van der Waals surface area contributed by atoms with Crippen LogP contribution >= 0.6 is 0 Å². The van der Waals surface area contributed by atoms with E-state index in [9.17, 15) is 4.79 Å². The molecule has 0 radical (unpaired) electrons. The largest absolute Gasteiger partial charge is 0.368 e. The Morgan fingerprint density at radius 2 is 2.33 bits per heavy atom. The molecule has 0 aliphatic rings. The second-order valence-corrected chi connectivity index (χ2v) is 2.95. The molecule has 1 heterocycles. The minimum Gasteiger partial charge on any atom is -0.368 e. The summed E-state index contributed by atoms with van der Waals surface area (Å²) < 4.78 is 0. The van der Waals surface area contributed by atoms with Gasteiger partial charge in [-0.05, 0) is 25.5 Å². The summed E-state index contributed by atoms with van der Waals surface area (Å²) in [5.41, 5.74) is 5.21. The van der Waals surface area contributed by atoms with Gasteiger partial charge >= 0.3 is 0 Å². The lowest BCUT2D eigenvalue weighted by Gasteiger charge is -2.02. The summed E-state index contributed by atoms with van der Waals surface area (Å²) in [6.07, 6.45) is 4.97. The van der Waals surface area contributed by atoms with Crippen molar-refractivity contribution < 1.29 is 4.79 Å². The van der Waals surface area contributed by atoms with Gasteiger partial charge < -0.3 is 11.1 Å². The molecule has 80 valence electrons. The van der Waals surface area contributed by atoms with Gasteiger partial charge in [0.2, 0.25) is 0 Å². The fourth-order valence-electron chi connectivity index (χ4n) is 1.01. The topological polar surface area (TPSA) is 80.9 Å². The van der Waals surface area contributed by atoms with Crippen molar-refractivity contribution in [3.63, 3.8) is 0 Å². The number of nitrogens with one attached hydrogen (secondary N) is 1. The van der Waals surface area contributed by atoms with Crippen LogP contribution in [0.1, 0.15) is 23.8 Å². The number of hydrogen-bond acceptors (Lipinski definition) is 4. The number of allylic oxidation sites excluding steroid dienone is 1. The molecule has 0 aliphatic heterocycles. The summed E-state index contributed by atoms with van der Waals surface area (Å²) in [6, 6.07) is 3.23. The van der Waals surface area contributed by atoms with Crippen LogP contribution in [-0.4, -0.2) is 22.6 Å². The minimum atomic E-state index is -0.567. The zero-order chi connectivity index (χ0) is 11.1. The SMILES string of the molecule is C/C=C/CCNc1ccc(C(N)=O)nn1. The molecule has 5 heteroatoms. The standard InChI is InChI=1S/C10H14N4O/c1-2-3-4-7-12-9-6-5-8(10(11)15)13-14-9/h2-3,5-6H,4,7H2,1H3,(H2,11,15)(H,12,14)/b3-2+. The molecular weight excluding hydrogens is 192 g/mol. The second kappa shape index (κ2) is 5.74. The van der Waals surface area contributed by atoms with Crippen molar-refractivity contribution >= 4 is 11.7 Å². The summed E-state index contributed by atoms with van der Waals surface area (Å²) in [5.74, 6) is 0.0764. The van der Waals surface area contributed by atoms with Crippen LogP contribution in [0.25, 0.3) is 0 Å². The summed E-state index contributed by atoms with van der Waals surface area (Å²) >= 11 is 0. The number of amides is 1. The number of aromatic nitrogens is 2. The lowest BCUT2D eigenvalue weighted by Crippen LogP contribution is -2.14. The van der Waals surface area contributed by atoms with Crippen molar-refractivity contribution in [2.75, 3.05) is 11.9 Å². The molecule has 0 fully saturated rings. The van der Waals surface area contributed by atoms with Gasteiger partial charge in [0.25, 0.3) is 5.91 Å². The summed E-state index contributed by atoms with van der Waals surface area (Å²) in [7, 11) is 0. The van der Waals surface area contributed by atoms with Crippen molar-refractivity contribution in [2.45, 2.75) is 13.3 Å². The molecule has 0 aromatic carbocycles. The minimum absolute atomic E-state index is 0.175. The Kier molecular flexibility index (Phi) is 4.28. The maximum Gasteiger partial charge on any atom is 0.269 e. The molecule has 0 saturated carbocycles. The number of nitrogens with zero attached hydrogens (tertiary/aromatic N) is 2. The van der Waals surface area contributed by atoms with E-state index >= 15 is 0 Å². The summed E-state index contributed by atoms with van der Waals surface area (Å²) in [6.45, 7) is 2.76. The van der Waals surface area contributed by atoms with Gasteiger partial charge in [-0.3, -0.25) is 4.79 Å². The van der Waals surface area contributed by atoms with Crippen LogP contribution in [0.2, 0.25) is 0 Å². The number of carbonyl (C=O) groups is 1. The summed E-state index contributed by atoms with van der Waals surface area (Å²) in [4.78, 5) is 10.7. The van der Waals surface area contributed by atoms with E-state index in [4.69, 9.17) is 5.73 Å². The molecule has 1 rings (SSSR count). The first-order chi connectivity index (χ1) is 7.24. The van der Waals surface area contributed by atoms with Crippen molar-refractivity contribution in [3.8, 4) is 0 Å². The number of carbonyl (C=O) groups excluding carboxylic acids is 1. The Balaban J connectivity index is 2.46. The van der Waals surface area contributed by atoms with Crippen molar-refractivity contribution in [1.82, 2.24) is 10.2 Å². The van der Waals surface area contributed by atoms with E-state index in [1.807, 2.05) is 13.0 Å². The zero-order valence-corrected chi connectivity index (χ0v) is 8.60. The Hall–Kier alpha value is -1.91. The van der Waals surface area contributed by atoms with Gasteiger partial charge in [-0.2, -0.15) is 0 Å². The molecule has 1 amide bonds. The highest BCUT2D eigenvalue weighted by atomic mass is 16.1. The van der Waals surface area contributed by atoms with Crippen LogP contribution in [-0.2, 0) is 0 Å². The first kappa shape index (κ1) is 11.2. The molecule has 1 aromatic rings. The van der Waals surface area contributed by atoms with Gasteiger partial charge in [0, 0.05) is 6.54 Å². The van der Waals surface area contributed by atoms with Gasteiger partial charge in [0.05, 0.1) is 0 Å². The van der Waals surface area contributed by atoms with E-state index in [1.54, 1.807) is 12.1 Å².